The number of hydrogen-bond acceptors (Lipinski definition) is 8. The van der Waals surface area contributed by atoms with Crippen LogP contribution < -0.4 is 14.2 Å². The van der Waals surface area contributed by atoms with E-state index in [0.717, 1.165) is 88.4 Å². The molecule has 4 aromatic heterocycles. The quantitative estimate of drug-likeness (QED) is 0.109. The van der Waals surface area contributed by atoms with Gasteiger partial charge in [-0.25, -0.2) is 15.0 Å². The number of likely N-dealkylation sites (tertiary alicyclic amines) is 2. The van der Waals surface area contributed by atoms with E-state index in [4.69, 9.17) is 19.2 Å². The molecule has 4 aliphatic heterocycles. The molecule has 11 nitrogen and oxygen atoms in total. The third-order valence-electron chi connectivity index (χ3n) is 12.7. The van der Waals surface area contributed by atoms with E-state index in [9.17, 15) is 0 Å². The maximum atomic E-state index is 5.58. The van der Waals surface area contributed by atoms with Crippen LogP contribution in [0.3, 0.4) is 0 Å². The van der Waals surface area contributed by atoms with Gasteiger partial charge in [-0.1, -0.05) is 7.43 Å². The number of hydrogen-bond donors (Lipinski definition) is 1. The molecule has 69 heavy (non-hydrogen) atoms. The first-order valence-electron chi connectivity index (χ1n) is 24.5. The fraction of sp³-hybridized carbons (Fsp3) is 0.328. The van der Waals surface area contributed by atoms with Crippen molar-refractivity contribution >= 4 is 22.1 Å². The van der Waals surface area contributed by atoms with Gasteiger partial charge in [-0.05, 0) is 211 Å². The first-order chi connectivity index (χ1) is 33.5. The summed E-state index contributed by atoms with van der Waals surface area (Å²) < 4.78 is 21.2. The van der Waals surface area contributed by atoms with Crippen LogP contribution in [0.2, 0.25) is 0 Å². The highest BCUT2D eigenvalue weighted by atomic mass is 16.5. The van der Waals surface area contributed by atoms with Gasteiger partial charge in [0.1, 0.15) is 34.4 Å². The highest BCUT2D eigenvalue weighted by Gasteiger charge is 2.17. The minimum absolute atomic E-state index is 0. The summed E-state index contributed by atoms with van der Waals surface area (Å²) >= 11 is 0. The van der Waals surface area contributed by atoms with E-state index in [1.54, 1.807) is 6.20 Å². The Morgan fingerprint density at radius 3 is 1.67 bits per heavy atom. The lowest BCUT2D eigenvalue weighted by atomic mass is 10.1. The van der Waals surface area contributed by atoms with Gasteiger partial charge in [-0.3, -0.25) is 0 Å². The molecule has 0 aliphatic carbocycles. The molecule has 0 atom stereocenters. The number of ether oxygens (including phenoxy) is 3. The van der Waals surface area contributed by atoms with E-state index in [0.29, 0.717) is 19.8 Å². The Bertz CT molecular complexity index is 2870. The summed E-state index contributed by atoms with van der Waals surface area (Å²) in [5.41, 5.74) is 10.0. The van der Waals surface area contributed by atoms with Gasteiger partial charge in [0.05, 0.1) is 31.2 Å². The van der Waals surface area contributed by atoms with Crippen LogP contribution in [0, 0.1) is 0 Å². The molecule has 0 saturated carbocycles. The molecule has 4 aliphatic rings. The van der Waals surface area contributed by atoms with Crippen LogP contribution >= 0.6 is 0 Å². The van der Waals surface area contributed by atoms with Gasteiger partial charge in [0.2, 0.25) is 0 Å². The number of aromatic nitrogens is 6. The Morgan fingerprint density at radius 1 is 0.522 bits per heavy atom. The summed E-state index contributed by atoms with van der Waals surface area (Å²) in [4.78, 5) is 22.2. The standard InChI is InChI=1S/2C21H25N3O.C15H14N2O.CH4/c1-2-25-19-9-7-17(8-10-19)20-16-18-6-5-11-22-21(18)24(20)15-14-23-12-3-4-13-23;1-2-25-19-9-7-17(8-10-19)20-16-18-6-5-13-24(21(18)22-20)15-14-23-11-3-4-12-23;1-2-18-13-7-5-11(6-8-13)14-10-12-4-3-9-16-15(12)17-14;/h5-11,16H,2-4,12-15H2,1H3;5-10,13,16H,2-4,11-12,14-15H2,1H3;3-10H,2H2,1H3,(H,16,17);1H4. The summed E-state index contributed by atoms with van der Waals surface area (Å²) in [6.07, 6.45) is 11.2. The molecule has 0 amide bonds. The lowest BCUT2D eigenvalue weighted by Crippen LogP contribution is -2.24. The number of pyridine rings is 3. The second-order valence-electron chi connectivity index (χ2n) is 17.3. The lowest BCUT2D eigenvalue weighted by molar-refractivity contribution is 0.322. The Labute approximate surface area is 408 Å². The van der Waals surface area contributed by atoms with Gasteiger partial charge >= 0.3 is 0 Å². The lowest BCUT2D eigenvalue weighted by Gasteiger charge is -2.17. The van der Waals surface area contributed by atoms with Crippen LogP contribution in [-0.2, 0) is 13.1 Å². The molecule has 8 heterocycles. The number of fused-ring (bicyclic) bond motifs is 3. The van der Waals surface area contributed by atoms with Crippen molar-refractivity contribution in [2.75, 3.05) is 59.1 Å². The van der Waals surface area contributed by atoms with Crippen molar-refractivity contribution in [1.29, 1.82) is 0 Å². The van der Waals surface area contributed by atoms with E-state index in [1.807, 2.05) is 63.4 Å². The Hall–Kier alpha value is -6.95. The maximum Gasteiger partial charge on any atom is 0.140 e. The molecule has 2 saturated heterocycles. The van der Waals surface area contributed by atoms with Crippen molar-refractivity contribution in [3.05, 3.63) is 146 Å². The predicted molar refractivity (Wildman–Crippen MR) is 283 cm³/mol. The fourth-order valence-electron chi connectivity index (χ4n) is 9.27. The zero-order valence-electron chi connectivity index (χ0n) is 39.8. The summed E-state index contributed by atoms with van der Waals surface area (Å²) in [6, 6.07) is 43.6. The molecule has 0 radical (unpaired) electrons. The van der Waals surface area contributed by atoms with Gasteiger partial charge in [0.25, 0.3) is 0 Å². The molecule has 0 spiro atoms. The maximum absolute atomic E-state index is 5.58. The van der Waals surface area contributed by atoms with Crippen molar-refractivity contribution in [2.45, 2.75) is 67.0 Å². The fourth-order valence-corrected chi connectivity index (χ4v) is 9.27. The van der Waals surface area contributed by atoms with Crippen LogP contribution in [-0.4, -0.2) is 98.0 Å². The predicted octanol–water partition coefficient (Wildman–Crippen LogP) is 12.6. The van der Waals surface area contributed by atoms with E-state index in [2.05, 4.69) is 131 Å². The summed E-state index contributed by atoms with van der Waals surface area (Å²) in [5.74, 6) is 3.80. The SMILES string of the molecule is C.CCOc1ccc(-c2cc3cccn(CCN4CCCC4)c-3n2)cc1.CCOc1ccc(-c2cc3cccnc3[nH]2)cc1.CCOc1ccc(-c2cc3cccnc3n2CCN2CCCC2)cc1. The van der Waals surface area contributed by atoms with Crippen LogP contribution in [0.1, 0.15) is 53.9 Å². The van der Waals surface area contributed by atoms with Crippen molar-refractivity contribution in [3.63, 3.8) is 0 Å². The molecular formula is C58H68N8O3. The average molecular weight is 925 g/mol. The Balaban J connectivity index is 0.000000141. The average Bonchev–Trinajstić information content (AvgIpc) is 4.25. The van der Waals surface area contributed by atoms with Crippen molar-refractivity contribution in [1.82, 2.24) is 38.9 Å². The second-order valence-corrected chi connectivity index (χ2v) is 17.3. The molecule has 358 valence electrons. The van der Waals surface area contributed by atoms with Crippen molar-refractivity contribution in [3.8, 4) is 62.4 Å². The first kappa shape index (κ1) is 48.5. The number of H-pyrrole nitrogens is 1. The van der Waals surface area contributed by atoms with E-state index in [1.165, 1.54) is 74.1 Å². The second kappa shape index (κ2) is 23.9. The molecule has 3 aromatic carbocycles. The largest absolute Gasteiger partial charge is 0.494 e. The summed E-state index contributed by atoms with van der Waals surface area (Å²) in [5, 5.41) is 2.33. The van der Waals surface area contributed by atoms with Crippen molar-refractivity contribution < 1.29 is 14.2 Å². The summed E-state index contributed by atoms with van der Waals surface area (Å²) in [6.45, 7) is 17.2. The van der Waals surface area contributed by atoms with Crippen LogP contribution in [0.4, 0.5) is 0 Å². The number of nitrogens with zero attached hydrogens (tertiary/aromatic N) is 7. The Kier molecular flexibility index (Phi) is 16.8. The first-order valence-corrected chi connectivity index (χ1v) is 24.5. The number of benzene rings is 3. The third-order valence-corrected chi connectivity index (χ3v) is 12.7. The molecule has 7 aromatic rings. The summed E-state index contributed by atoms with van der Waals surface area (Å²) in [7, 11) is 0. The minimum atomic E-state index is 0. The highest BCUT2D eigenvalue weighted by molar-refractivity contribution is 5.85. The monoisotopic (exact) mass is 925 g/mol. The van der Waals surface area contributed by atoms with Crippen LogP contribution in [0.5, 0.6) is 17.2 Å². The van der Waals surface area contributed by atoms with Gasteiger partial charge < -0.3 is 38.1 Å². The molecule has 1 N–H and O–H groups in total. The van der Waals surface area contributed by atoms with E-state index < -0.39 is 0 Å². The molecule has 0 unspecified atom stereocenters. The zero-order valence-corrected chi connectivity index (χ0v) is 39.8. The number of rotatable bonds is 15. The van der Waals surface area contributed by atoms with Crippen molar-refractivity contribution in [2.24, 2.45) is 0 Å². The number of nitrogens with one attached hydrogen (secondary N) is 1. The zero-order chi connectivity index (χ0) is 46.5. The minimum Gasteiger partial charge on any atom is -0.494 e. The van der Waals surface area contributed by atoms with Crippen LogP contribution in [0.25, 0.3) is 67.2 Å². The van der Waals surface area contributed by atoms with Gasteiger partial charge in [0.15, 0.2) is 0 Å². The molecule has 0 bridgehead atoms. The topological polar surface area (TPSA) is 98.5 Å². The van der Waals surface area contributed by atoms with Gasteiger partial charge in [0, 0.05) is 72.4 Å². The third kappa shape index (κ3) is 12.2. The molecule has 11 rings (SSSR count). The molecular weight excluding hydrogens is 857 g/mol. The number of aromatic amines is 1. The molecule has 11 heteroatoms. The highest BCUT2D eigenvalue weighted by Crippen LogP contribution is 2.31. The van der Waals surface area contributed by atoms with Gasteiger partial charge in [-0.2, -0.15) is 0 Å². The van der Waals surface area contributed by atoms with E-state index in [-0.39, 0.29) is 7.43 Å². The smallest absolute Gasteiger partial charge is 0.140 e. The Morgan fingerprint density at radius 2 is 1.07 bits per heavy atom. The normalized spacial score (nSPS) is 13.7. The van der Waals surface area contributed by atoms with Gasteiger partial charge in [-0.15, -0.1) is 0 Å². The van der Waals surface area contributed by atoms with E-state index >= 15 is 0 Å². The molecule has 2 fully saturated rings. The van der Waals surface area contributed by atoms with Crippen LogP contribution in [0.15, 0.2) is 146 Å².